The Balaban J connectivity index is 0.00000108. The van der Waals surface area contributed by atoms with Gasteiger partial charge in [-0.15, -0.1) is 0 Å². The third-order valence-corrected chi connectivity index (χ3v) is 4.03. The van der Waals surface area contributed by atoms with Crippen molar-refractivity contribution in [3.05, 3.63) is 41.5 Å². The van der Waals surface area contributed by atoms with Gasteiger partial charge in [-0.25, -0.2) is 8.42 Å². The quantitative estimate of drug-likeness (QED) is 0.486. The van der Waals surface area contributed by atoms with E-state index < -0.39 is 10.1 Å². The fourth-order valence-corrected chi connectivity index (χ4v) is 3.21. The van der Waals surface area contributed by atoms with Crippen LogP contribution in [0.1, 0.15) is 11.1 Å². The molecule has 2 aromatic rings. The summed E-state index contributed by atoms with van der Waals surface area (Å²) < 4.78 is 33.4. The summed E-state index contributed by atoms with van der Waals surface area (Å²) in [5.74, 6) is 0. The molecule has 0 atom stereocenters. The molecule has 82 valence electrons. The minimum Gasteiger partial charge on any atom is -0.744 e. The van der Waals surface area contributed by atoms with E-state index in [4.69, 9.17) is 0 Å². The number of hydrogen-bond acceptors (Lipinski definition) is 3. The summed E-state index contributed by atoms with van der Waals surface area (Å²) in [7, 11) is -4.35. The van der Waals surface area contributed by atoms with Gasteiger partial charge in [-0.1, -0.05) is 24.3 Å². The topological polar surface area (TPSA) is 57.2 Å². The second-order valence-electron chi connectivity index (χ2n) is 4.01. The van der Waals surface area contributed by atoms with Gasteiger partial charge in [-0.05, 0) is 40.8 Å². The van der Waals surface area contributed by atoms with Gasteiger partial charge in [0.15, 0.2) is 0 Å². The van der Waals surface area contributed by atoms with Crippen molar-refractivity contribution in [2.75, 3.05) is 0 Å². The van der Waals surface area contributed by atoms with Gasteiger partial charge in [-0.2, -0.15) is 0 Å². The molecule has 0 N–H and O–H groups in total. The Morgan fingerprint density at radius 1 is 1.06 bits per heavy atom. The molecule has 0 fully saturated rings. The van der Waals surface area contributed by atoms with Crippen molar-refractivity contribution < 1.29 is 64.4 Å². The smallest absolute Gasteiger partial charge is 0.744 e. The van der Waals surface area contributed by atoms with Gasteiger partial charge in [0, 0.05) is 0 Å². The summed E-state index contributed by atoms with van der Waals surface area (Å²) in [5, 5.41) is 1.97. The van der Waals surface area contributed by atoms with Crippen LogP contribution in [0, 0.1) is 0 Å². The van der Waals surface area contributed by atoms with Crippen LogP contribution in [0.5, 0.6) is 0 Å². The van der Waals surface area contributed by atoms with Crippen LogP contribution in [0.2, 0.25) is 0 Å². The van der Waals surface area contributed by atoms with E-state index in [2.05, 4.69) is 0 Å². The van der Waals surface area contributed by atoms with Gasteiger partial charge in [0.1, 0.15) is 10.1 Å². The first-order chi connectivity index (χ1) is 7.57. The minimum atomic E-state index is -4.35. The molecule has 0 aliphatic heterocycles. The van der Waals surface area contributed by atoms with E-state index in [-0.39, 0.29) is 56.3 Å². The fraction of sp³-hybridized carbons (Fsp3) is 0.167. The predicted octanol–water partition coefficient (Wildman–Crippen LogP) is -1.15. The second-order valence-corrected chi connectivity index (χ2v) is 5.36. The van der Waals surface area contributed by atoms with Crippen LogP contribution in [0.15, 0.2) is 35.2 Å². The summed E-state index contributed by atoms with van der Waals surface area (Å²) in [5.41, 5.74) is 1.83. The summed E-state index contributed by atoms with van der Waals surface area (Å²) in [6, 6.07) is 9.01. The van der Waals surface area contributed by atoms with Crippen LogP contribution >= 0.6 is 0 Å². The molecule has 0 amide bonds. The maximum Gasteiger partial charge on any atom is 1.00 e. The van der Waals surface area contributed by atoms with Crippen molar-refractivity contribution in [1.29, 1.82) is 0 Å². The Morgan fingerprint density at radius 2 is 1.82 bits per heavy atom. The molecule has 1 aliphatic carbocycles. The Labute approximate surface area is 142 Å². The second kappa shape index (κ2) is 4.73. The van der Waals surface area contributed by atoms with Crippen LogP contribution in [0.25, 0.3) is 10.8 Å². The molecular weight excluding hydrogens is 263 g/mol. The van der Waals surface area contributed by atoms with Crippen molar-refractivity contribution in [1.82, 2.24) is 0 Å². The maximum atomic E-state index is 11.1. The van der Waals surface area contributed by atoms with Crippen molar-refractivity contribution in [2.24, 2.45) is 0 Å². The van der Waals surface area contributed by atoms with Gasteiger partial charge in [0.25, 0.3) is 0 Å². The van der Waals surface area contributed by atoms with Gasteiger partial charge < -0.3 is 4.55 Å². The minimum absolute atomic E-state index is 0. The van der Waals surface area contributed by atoms with Crippen molar-refractivity contribution in [3.63, 3.8) is 0 Å². The first kappa shape index (κ1) is 13.7. The monoisotopic (exact) mass is 272 g/mol. The van der Waals surface area contributed by atoms with E-state index >= 15 is 0 Å². The number of hydrogen-bond donors (Lipinski definition) is 0. The molecule has 0 aromatic heterocycles. The Morgan fingerprint density at radius 3 is 2.53 bits per heavy atom. The molecule has 0 spiro atoms. The Hall–Kier alpha value is 0.246. The van der Waals surface area contributed by atoms with E-state index in [1.54, 1.807) is 6.07 Å². The standard InChI is InChI=1S/C12H10O3S.K/c13-16(14,15)11-7-5-9-3-1-2-8-4-6-10(11)12(8)9;/h1-3,5,7H,4,6H2,(H,13,14,15);/q;+1/p-1. The van der Waals surface area contributed by atoms with Gasteiger partial charge in [0.05, 0.1) is 4.90 Å². The number of aryl methyl sites for hydroxylation is 2. The zero-order valence-corrected chi connectivity index (χ0v) is 13.4. The van der Waals surface area contributed by atoms with Crippen LogP contribution in [0.4, 0.5) is 0 Å². The van der Waals surface area contributed by atoms with Crippen LogP contribution in [-0.2, 0) is 23.0 Å². The van der Waals surface area contributed by atoms with Gasteiger partial charge in [0.2, 0.25) is 0 Å². The molecule has 3 rings (SSSR count). The van der Waals surface area contributed by atoms with Crippen molar-refractivity contribution >= 4 is 20.9 Å². The summed E-state index contributed by atoms with van der Waals surface area (Å²) in [6.45, 7) is 0. The third kappa shape index (κ3) is 2.25. The van der Waals surface area contributed by atoms with E-state index in [1.807, 2.05) is 18.2 Å². The summed E-state index contributed by atoms with van der Waals surface area (Å²) in [4.78, 5) is -0.0510. The molecule has 2 aromatic carbocycles. The molecule has 1 aliphatic rings. The molecule has 3 nitrogen and oxygen atoms in total. The summed E-state index contributed by atoms with van der Waals surface area (Å²) in [6.07, 6.45) is 1.46. The predicted molar refractivity (Wildman–Crippen MR) is 59.3 cm³/mol. The average Bonchev–Trinajstić information content (AvgIpc) is 2.63. The van der Waals surface area contributed by atoms with Crippen molar-refractivity contribution in [3.8, 4) is 0 Å². The van der Waals surface area contributed by atoms with E-state index in [0.717, 1.165) is 22.8 Å². The van der Waals surface area contributed by atoms with Crippen molar-refractivity contribution in [2.45, 2.75) is 17.7 Å². The molecular formula is C12H9KO3S. The first-order valence-electron chi connectivity index (χ1n) is 5.07. The first-order valence-corrected chi connectivity index (χ1v) is 6.47. The van der Waals surface area contributed by atoms with Gasteiger partial charge >= 0.3 is 51.4 Å². The van der Waals surface area contributed by atoms with Crippen LogP contribution in [-0.4, -0.2) is 13.0 Å². The third-order valence-electron chi connectivity index (χ3n) is 3.11. The summed E-state index contributed by atoms with van der Waals surface area (Å²) >= 11 is 0. The maximum absolute atomic E-state index is 11.1. The molecule has 0 heterocycles. The molecule has 17 heavy (non-hydrogen) atoms. The molecule has 0 saturated heterocycles. The molecule has 0 bridgehead atoms. The average molecular weight is 272 g/mol. The number of rotatable bonds is 1. The Kier molecular flexibility index (Phi) is 3.81. The van der Waals surface area contributed by atoms with Gasteiger partial charge in [-0.3, -0.25) is 0 Å². The largest absolute Gasteiger partial charge is 1.00 e. The van der Waals surface area contributed by atoms with E-state index in [0.29, 0.717) is 12.0 Å². The zero-order valence-electron chi connectivity index (χ0n) is 9.43. The number of benzene rings is 2. The van der Waals surface area contributed by atoms with Crippen LogP contribution < -0.4 is 51.4 Å². The molecule has 0 saturated carbocycles. The Bertz CT molecular complexity index is 692. The molecule has 0 unspecified atom stereocenters. The molecule has 0 radical (unpaired) electrons. The fourth-order valence-electron chi connectivity index (χ4n) is 2.47. The normalized spacial score (nSPS) is 13.7. The van der Waals surface area contributed by atoms with E-state index in [1.165, 1.54) is 6.07 Å². The SMILES string of the molecule is O=S(=O)([O-])c1ccc2cccc3c2c1CC3.[K+]. The van der Waals surface area contributed by atoms with E-state index in [9.17, 15) is 13.0 Å². The zero-order chi connectivity index (χ0) is 11.3. The molecule has 5 heteroatoms. The van der Waals surface area contributed by atoms with Crippen LogP contribution in [0.3, 0.4) is 0 Å².